The van der Waals surface area contributed by atoms with Gasteiger partial charge in [-0.3, -0.25) is 4.79 Å². The lowest BCUT2D eigenvalue weighted by Crippen LogP contribution is -2.12. The molecule has 15 heavy (non-hydrogen) atoms. The van der Waals surface area contributed by atoms with Crippen molar-refractivity contribution in [2.24, 2.45) is 5.92 Å². The van der Waals surface area contributed by atoms with Gasteiger partial charge >= 0.3 is 5.97 Å². The highest BCUT2D eigenvalue weighted by atomic mass is 16.4. The molecule has 78 valence electrons. The third-order valence-corrected chi connectivity index (χ3v) is 2.36. The van der Waals surface area contributed by atoms with Crippen LogP contribution in [-0.2, 0) is 11.2 Å². The van der Waals surface area contributed by atoms with Crippen LogP contribution in [0.15, 0.2) is 24.3 Å². The topological polar surface area (TPSA) is 66.0 Å². The zero-order valence-corrected chi connectivity index (χ0v) is 8.40. The van der Waals surface area contributed by atoms with Crippen LogP contribution in [-0.4, -0.2) is 21.0 Å². The van der Waals surface area contributed by atoms with Gasteiger partial charge in [0.1, 0.15) is 5.82 Å². The van der Waals surface area contributed by atoms with Crippen LogP contribution in [0.3, 0.4) is 0 Å². The minimum absolute atomic E-state index is 0.412. The maximum absolute atomic E-state index is 10.7. The first-order valence-corrected chi connectivity index (χ1v) is 4.83. The lowest BCUT2D eigenvalue weighted by atomic mass is 10.1. The number of rotatable bonds is 3. The summed E-state index contributed by atoms with van der Waals surface area (Å²) in [6, 6.07) is 7.66. The summed E-state index contributed by atoms with van der Waals surface area (Å²) in [7, 11) is 0. The first-order chi connectivity index (χ1) is 7.16. The molecule has 1 unspecified atom stereocenters. The summed E-state index contributed by atoms with van der Waals surface area (Å²) in [5, 5.41) is 8.78. The van der Waals surface area contributed by atoms with Crippen LogP contribution in [0.1, 0.15) is 12.7 Å². The van der Waals surface area contributed by atoms with E-state index < -0.39 is 11.9 Å². The van der Waals surface area contributed by atoms with Crippen LogP contribution in [0.5, 0.6) is 0 Å². The second kappa shape index (κ2) is 3.73. The van der Waals surface area contributed by atoms with Crippen molar-refractivity contribution in [1.82, 2.24) is 9.97 Å². The van der Waals surface area contributed by atoms with Gasteiger partial charge in [0.15, 0.2) is 0 Å². The summed E-state index contributed by atoms with van der Waals surface area (Å²) >= 11 is 0. The molecule has 0 amide bonds. The lowest BCUT2D eigenvalue weighted by Gasteiger charge is -2.01. The molecule has 4 heteroatoms. The monoisotopic (exact) mass is 204 g/mol. The van der Waals surface area contributed by atoms with Gasteiger partial charge in [0.05, 0.1) is 17.0 Å². The highest BCUT2D eigenvalue weighted by Crippen LogP contribution is 2.13. The minimum Gasteiger partial charge on any atom is -0.481 e. The number of nitrogens with one attached hydrogen (secondary N) is 1. The number of aromatic amines is 1. The van der Waals surface area contributed by atoms with Crippen molar-refractivity contribution in [3.05, 3.63) is 30.1 Å². The summed E-state index contributed by atoms with van der Waals surface area (Å²) in [6.45, 7) is 1.68. The van der Waals surface area contributed by atoms with E-state index in [1.54, 1.807) is 6.92 Å². The molecule has 2 aromatic rings. The Morgan fingerprint density at radius 2 is 2.27 bits per heavy atom. The van der Waals surface area contributed by atoms with E-state index >= 15 is 0 Å². The Hall–Kier alpha value is -1.84. The molecule has 0 aliphatic carbocycles. The first-order valence-electron chi connectivity index (χ1n) is 4.83. The summed E-state index contributed by atoms with van der Waals surface area (Å²) in [4.78, 5) is 18.1. The van der Waals surface area contributed by atoms with E-state index in [2.05, 4.69) is 9.97 Å². The van der Waals surface area contributed by atoms with E-state index in [9.17, 15) is 4.79 Å². The van der Waals surface area contributed by atoms with E-state index in [0.717, 1.165) is 16.9 Å². The SMILES string of the molecule is CC(Cc1nc2ccccc2[nH]1)C(=O)O. The predicted molar refractivity (Wildman–Crippen MR) is 56.6 cm³/mol. The number of benzene rings is 1. The van der Waals surface area contributed by atoms with Crippen LogP contribution < -0.4 is 0 Å². The van der Waals surface area contributed by atoms with E-state index in [1.807, 2.05) is 24.3 Å². The van der Waals surface area contributed by atoms with E-state index in [0.29, 0.717) is 6.42 Å². The molecule has 0 aliphatic rings. The average Bonchev–Trinajstić information content (AvgIpc) is 2.59. The molecule has 4 nitrogen and oxygen atoms in total. The molecule has 1 heterocycles. The van der Waals surface area contributed by atoms with Gasteiger partial charge in [0.2, 0.25) is 0 Å². The van der Waals surface area contributed by atoms with Gasteiger partial charge in [-0.1, -0.05) is 19.1 Å². The number of fused-ring (bicyclic) bond motifs is 1. The van der Waals surface area contributed by atoms with E-state index in [-0.39, 0.29) is 0 Å². The molecule has 0 spiro atoms. The van der Waals surface area contributed by atoms with Gasteiger partial charge in [-0.25, -0.2) is 4.98 Å². The van der Waals surface area contributed by atoms with Crippen molar-refractivity contribution in [3.63, 3.8) is 0 Å². The van der Waals surface area contributed by atoms with Crippen molar-refractivity contribution in [2.45, 2.75) is 13.3 Å². The highest BCUT2D eigenvalue weighted by molar-refractivity contribution is 5.75. The van der Waals surface area contributed by atoms with Gasteiger partial charge in [-0.05, 0) is 12.1 Å². The Bertz CT molecular complexity index is 457. The fourth-order valence-electron chi connectivity index (χ4n) is 1.48. The Kier molecular flexibility index (Phi) is 2.41. The number of aliphatic carboxylic acids is 1. The molecule has 1 aromatic heterocycles. The molecule has 2 N–H and O–H groups in total. The zero-order valence-electron chi connectivity index (χ0n) is 8.40. The Labute approximate surface area is 87.0 Å². The molecular weight excluding hydrogens is 192 g/mol. The molecule has 0 fully saturated rings. The molecule has 0 bridgehead atoms. The smallest absolute Gasteiger partial charge is 0.306 e. The maximum Gasteiger partial charge on any atom is 0.306 e. The normalized spacial score (nSPS) is 12.9. The number of carbonyl (C=O) groups is 1. The summed E-state index contributed by atoms with van der Waals surface area (Å²) in [6.07, 6.45) is 0.435. The standard InChI is InChI=1S/C11H12N2O2/c1-7(11(14)15)6-10-12-8-4-2-3-5-9(8)13-10/h2-5,7H,6H2,1H3,(H,12,13)(H,14,15). The Morgan fingerprint density at radius 1 is 1.53 bits per heavy atom. The van der Waals surface area contributed by atoms with Gasteiger partial charge in [0.25, 0.3) is 0 Å². The van der Waals surface area contributed by atoms with Gasteiger partial charge < -0.3 is 10.1 Å². The summed E-state index contributed by atoms with van der Waals surface area (Å²) in [5.74, 6) is -0.480. The molecule has 0 saturated carbocycles. The van der Waals surface area contributed by atoms with E-state index in [4.69, 9.17) is 5.11 Å². The van der Waals surface area contributed by atoms with Crippen molar-refractivity contribution >= 4 is 17.0 Å². The van der Waals surface area contributed by atoms with Crippen molar-refractivity contribution in [3.8, 4) is 0 Å². The lowest BCUT2D eigenvalue weighted by molar-refractivity contribution is -0.141. The number of hydrogen-bond acceptors (Lipinski definition) is 2. The zero-order chi connectivity index (χ0) is 10.8. The average molecular weight is 204 g/mol. The third-order valence-electron chi connectivity index (χ3n) is 2.36. The maximum atomic E-state index is 10.7. The number of H-pyrrole nitrogens is 1. The predicted octanol–water partition coefficient (Wildman–Crippen LogP) is 1.83. The fourth-order valence-corrected chi connectivity index (χ4v) is 1.48. The molecule has 0 saturated heterocycles. The van der Waals surface area contributed by atoms with E-state index in [1.165, 1.54) is 0 Å². The summed E-state index contributed by atoms with van der Waals surface area (Å²) < 4.78 is 0. The molecular formula is C11H12N2O2. The number of nitrogens with zero attached hydrogens (tertiary/aromatic N) is 1. The van der Waals surface area contributed by atoms with Gasteiger partial charge in [-0.15, -0.1) is 0 Å². The van der Waals surface area contributed by atoms with Crippen LogP contribution in [0.25, 0.3) is 11.0 Å². The largest absolute Gasteiger partial charge is 0.481 e. The number of carboxylic acid groups (broad SMARTS) is 1. The molecule has 2 rings (SSSR count). The third kappa shape index (κ3) is 1.98. The second-order valence-corrected chi connectivity index (χ2v) is 3.64. The van der Waals surface area contributed by atoms with Crippen LogP contribution in [0.2, 0.25) is 0 Å². The number of para-hydroxylation sites is 2. The quantitative estimate of drug-likeness (QED) is 0.801. The minimum atomic E-state index is -0.796. The Morgan fingerprint density at radius 3 is 2.93 bits per heavy atom. The van der Waals surface area contributed by atoms with Crippen LogP contribution in [0.4, 0.5) is 0 Å². The van der Waals surface area contributed by atoms with Crippen LogP contribution in [0, 0.1) is 5.92 Å². The number of carboxylic acids is 1. The number of aromatic nitrogens is 2. The Balaban J connectivity index is 2.26. The second-order valence-electron chi connectivity index (χ2n) is 3.64. The molecule has 1 atom stereocenters. The van der Waals surface area contributed by atoms with Gasteiger partial charge in [-0.2, -0.15) is 0 Å². The van der Waals surface area contributed by atoms with Crippen molar-refractivity contribution in [2.75, 3.05) is 0 Å². The fraction of sp³-hybridized carbons (Fsp3) is 0.273. The first kappa shape index (κ1) is 9.71. The number of imidazole rings is 1. The summed E-state index contributed by atoms with van der Waals surface area (Å²) in [5.41, 5.74) is 1.83. The highest BCUT2D eigenvalue weighted by Gasteiger charge is 2.13. The molecule has 0 radical (unpaired) electrons. The van der Waals surface area contributed by atoms with Gasteiger partial charge in [0, 0.05) is 6.42 Å². The molecule has 1 aromatic carbocycles. The van der Waals surface area contributed by atoms with Crippen molar-refractivity contribution < 1.29 is 9.90 Å². The van der Waals surface area contributed by atoms with Crippen molar-refractivity contribution in [1.29, 1.82) is 0 Å². The molecule has 0 aliphatic heterocycles. The number of hydrogen-bond donors (Lipinski definition) is 2. The van der Waals surface area contributed by atoms with Crippen LogP contribution >= 0.6 is 0 Å².